The van der Waals surface area contributed by atoms with Crippen molar-refractivity contribution >= 4 is 23.1 Å². The first-order chi connectivity index (χ1) is 13.1. The van der Waals surface area contributed by atoms with E-state index < -0.39 is 5.97 Å². The molecular formula is C22H25Cl2NO3. The number of nitrogens with one attached hydrogen (secondary N) is 1. The van der Waals surface area contributed by atoms with Gasteiger partial charge in [-0.2, -0.15) is 0 Å². The molecule has 1 aliphatic heterocycles. The van der Waals surface area contributed by atoms with E-state index in [1.54, 1.807) is 6.26 Å². The normalized spacial score (nSPS) is 19.5. The van der Waals surface area contributed by atoms with Gasteiger partial charge in [-0.1, -0.05) is 60.1 Å². The van der Waals surface area contributed by atoms with Crippen LogP contribution in [0.5, 0.6) is 0 Å². The Hall–Kier alpha value is -2.01. The van der Waals surface area contributed by atoms with Crippen molar-refractivity contribution in [3.63, 3.8) is 0 Å². The fourth-order valence-corrected chi connectivity index (χ4v) is 3.76. The number of piperidine rings is 1. The summed E-state index contributed by atoms with van der Waals surface area (Å²) in [6.07, 6.45) is 3.51. The van der Waals surface area contributed by atoms with E-state index in [0.717, 1.165) is 42.6 Å². The molecule has 1 fully saturated rings. The van der Waals surface area contributed by atoms with E-state index >= 15 is 0 Å². The van der Waals surface area contributed by atoms with Crippen LogP contribution in [0.1, 0.15) is 24.0 Å². The van der Waals surface area contributed by atoms with Crippen LogP contribution in [0.3, 0.4) is 0 Å². The maximum absolute atomic E-state index is 11.2. The van der Waals surface area contributed by atoms with Gasteiger partial charge >= 0.3 is 5.97 Å². The topological polar surface area (TPSA) is 51.0 Å². The Morgan fingerprint density at radius 1 is 1.18 bits per heavy atom. The molecule has 2 N–H and O–H groups in total. The number of hydrogen-bond donors (Lipinski definition) is 2. The van der Waals surface area contributed by atoms with E-state index in [9.17, 15) is 9.90 Å². The molecule has 4 nitrogen and oxygen atoms in total. The van der Waals surface area contributed by atoms with Gasteiger partial charge in [-0.3, -0.25) is 4.79 Å². The van der Waals surface area contributed by atoms with Crippen molar-refractivity contribution in [1.29, 1.82) is 0 Å². The standard InChI is InChI=1S/C22H24ClNO3.ClH/c23-21-11-5-4-10-19(21)20(17-7-2-1-3-8-17)16-27-14-13-24-12-6-9-18(15-24)22(25)26;/h1-5,7-8,10-11,16,18H,6,9,12-15H2,(H,25,26);1H/b20-16+;/t18-;/m1./s1. The molecule has 0 saturated carbocycles. The fourth-order valence-electron chi connectivity index (χ4n) is 3.52. The minimum absolute atomic E-state index is 0. The van der Waals surface area contributed by atoms with Gasteiger partial charge in [-0.05, 0) is 24.5 Å². The molecular weight excluding hydrogens is 397 g/mol. The zero-order valence-electron chi connectivity index (χ0n) is 15.6. The van der Waals surface area contributed by atoms with Gasteiger partial charge in [0, 0.05) is 16.2 Å². The Labute approximate surface area is 177 Å². The van der Waals surface area contributed by atoms with Gasteiger partial charge < -0.3 is 27.2 Å². The number of carbonyl (C=O) groups is 1. The van der Waals surface area contributed by atoms with E-state index in [-0.39, 0.29) is 18.3 Å². The van der Waals surface area contributed by atoms with Gasteiger partial charge in [0.05, 0.1) is 19.4 Å². The number of quaternary nitrogens is 1. The van der Waals surface area contributed by atoms with Crippen LogP contribution < -0.4 is 17.3 Å². The van der Waals surface area contributed by atoms with Crippen LogP contribution in [0.4, 0.5) is 0 Å². The summed E-state index contributed by atoms with van der Waals surface area (Å²) in [4.78, 5) is 12.5. The van der Waals surface area contributed by atoms with Gasteiger partial charge in [0.2, 0.25) is 0 Å². The number of rotatable bonds is 7. The second-order valence-corrected chi connectivity index (χ2v) is 7.29. The first-order valence-electron chi connectivity index (χ1n) is 9.33. The lowest BCUT2D eigenvalue weighted by Gasteiger charge is -2.27. The molecule has 0 spiro atoms. The van der Waals surface area contributed by atoms with Crippen molar-refractivity contribution in [3.8, 4) is 0 Å². The van der Waals surface area contributed by atoms with E-state index in [1.165, 1.54) is 4.90 Å². The first-order valence-corrected chi connectivity index (χ1v) is 9.71. The van der Waals surface area contributed by atoms with Crippen molar-refractivity contribution in [2.24, 2.45) is 5.92 Å². The van der Waals surface area contributed by atoms with Crippen LogP contribution in [0.15, 0.2) is 60.9 Å². The van der Waals surface area contributed by atoms with E-state index in [0.29, 0.717) is 18.2 Å². The molecule has 0 radical (unpaired) electrons. The summed E-state index contributed by atoms with van der Waals surface area (Å²) < 4.78 is 5.87. The van der Waals surface area contributed by atoms with Crippen LogP contribution in [-0.4, -0.2) is 37.3 Å². The van der Waals surface area contributed by atoms with Crippen LogP contribution in [0.2, 0.25) is 5.02 Å². The molecule has 2 atom stereocenters. The summed E-state index contributed by atoms with van der Waals surface area (Å²) in [6.45, 7) is 3.03. The van der Waals surface area contributed by atoms with Crippen LogP contribution >= 0.6 is 11.6 Å². The molecule has 0 amide bonds. The van der Waals surface area contributed by atoms with Crippen molar-refractivity contribution < 1.29 is 31.9 Å². The lowest BCUT2D eigenvalue weighted by Crippen LogP contribution is -3.14. The highest BCUT2D eigenvalue weighted by atomic mass is 35.5. The predicted octanol–water partition coefficient (Wildman–Crippen LogP) is 0.129. The van der Waals surface area contributed by atoms with Crippen LogP contribution in [0.25, 0.3) is 5.57 Å². The molecule has 1 aliphatic rings. The summed E-state index contributed by atoms with van der Waals surface area (Å²) >= 11 is 6.39. The number of likely N-dealkylation sites (tertiary alicyclic amines) is 1. The van der Waals surface area contributed by atoms with Crippen LogP contribution in [-0.2, 0) is 9.53 Å². The van der Waals surface area contributed by atoms with Crippen molar-refractivity contribution in [2.75, 3.05) is 26.2 Å². The maximum Gasteiger partial charge on any atom is 0.312 e. The Bertz CT molecular complexity index is 795. The number of ether oxygens (including phenoxy) is 1. The van der Waals surface area contributed by atoms with Gasteiger partial charge in [0.1, 0.15) is 19.1 Å². The molecule has 0 aromatic heterocycles. The van der Waals surface area contributed by atoms with Gasteiger partial charge in [-0.15, -0.1) is 0 Å². The van der Waals surface area contributed by atoms with E-state index in [4.69, 9.17) is 16.3 Å². The summed E-state index contributed by atoms with van der Waals surface area (Å²) in [5, 5.41) is 9.89. The SMILES string of the molecule is O=C(O)[C@@H]1CCC[NH+](CCO/C=C(\c2ccccc2)c2ccccc2Cl)C1.[Cl-]. The Kier molecular flexibility index (Phi) is 8.84. The zero-order chi connectivity index (χ0) is 19.1. The second-order valence-electron chi connectivity index (χ2n) is 6.88. The average Bonchev–Trinajstić information content (AvgIpc) is 2.70. The van der Waals surface area contributed by atoms with Gasteiger partial charge in [0.25, 0.3) is 0 Å². The fraction of sp³-hybridized carbons (Fsp3) is 0.318. The number of carboxylic acid groups (broad SMARTS) is 1. The summed E-state index contributed by atoms with van der Waals surface area (Å²) in [5.74, 6) is -0.912. The first kappa shape index (κ1) is 22.3. The van der Waals surface area contributed by atoms with Crippen LogP contribution in [0, 0.1) is 5.92 Å². The number of aliphatic carboxylic acids is 1. The third-order valence-electron chi connectivity index (χ3n) is 4.99. The quantitative estimate of drug-likeness (QED) is 0.493. The number of hydrogen-bond acceptors (Lipinski definition) is 2. The monoisotopic (exact) mass is 421 g/mol. The lowest BCUT2D eigenvalue weighted by atomic mass is 9.98. The summed E-state index contributed by atoms with van der Waals surface area (Å²) in [7, 11) is 0. The van der Waals surface area contributed by atoms with Gasteiger partial charge in [0.15, 0.2) is 0 Å². The van der Waals surface area contributed by atoms with Gasteiger partial charge in [-0.25, -0.2) is 0 Å². The molecule has 3 rings (SSSR count). The van der Waals surface area contributed by atoms with Crippen molar-refractivity contribution in [2.45, 2.75) is 12.8 Å². The minimum Gasteiger partial charge on any atom is -1.00 e. The highest BCUT2D eigenvalue weighted by Gasteiger charge is 2.28. The smallest absolute Gasteiger partial charge is 0.312 e. The molecule has 6 heteroatoms. The Morgan fingerprint density at radius 2 is 1.89 bits per heavy atom. The Balaban J connectivity index is 0.00000280. The van der Waals surface area contributed by atoms with E-state index in [1.807, 2.05) is 54.6 Å². The molecule has 2 aromatic carbocycles. The largest absolute Gasteiger partial charge is 1.00 e. The predicted molar refractivity (Wildman–Crippen MR) is 107 cm³/mol. The van der Waals surface area contributed by atoms with Crippen molar-refractivity contribution in [3.05, 3.63) is 77.0 Å². The molecule has 1 saturated heterocycles. The molecule has 28 heavy (non-hydrogen) atoms. The molecule has 2 aromatic rings. The maximum atomic E-state index is 11.2. The second kappa shape index (κ2) is 11.1. The molecule has 0 bridgehead atoms. The third-order valence-corrected chi connectivity index (χ3v) is 5.32. The lowest BCUT2D eigenvalue weighted by molar-refractivity contribution is -0.907. The average molecular weight is 422 g/mol. The minimum atomic E-state index is -0.682. The molecule has 1 heterocycles. The summed E-state index contributed by atoms with van der Waals surface area (Å²) in [5.41, 5.74) is 2.92. The number of halogens is 2. The highest BCUT2D eigenvalue weighted by Crippen LogP contribution is 2.29. The Morgan fingerprint density at radius 3 is 2.61 bits per heavy atom. The molecule has 1 unspecified atom stereocenters. The summed E-state index contributed by atoms with van der Waals surface area (Å²) in [6, 6.07) is 17.8. The molecule has 0 aliphatic carbocycles. The highest BCUT2D eigenvalue weighted by molar-refractivity contribution is 6.32. The number of carboxylic acids is 1. The number of benzene rings is 2. The molecule has 150 valence electrons. The third kappa shape index (κ3) is 5.99. The van der Waals surface area contributed by atoms with E-state index in [2.05, 4.69) is 0 Å². The van der Waals surface area contributed by atoms with Crippen molar-refractivity contribution in [1.82, 2.24) is 0 Å². The zero-order valence-corrected chi connectivity index (χ0v) is 17.1.